The first-order valence-electron chi connectivity index (χ1n) is 4.04. The van der Waals surface area contributed by atoms with Crippen molar-refractivity contribution >= 4 is 22.6 Å². The number of anilines is 2. The van der Waals surface area contributed by atoms with Crippen LogP contribution in [0.2, 0.25) is 0 Å². The lowest BCUT2D eigenvalue weighted by Crippen LogP contribution is -2.06. The second-order valence-electron chi connectivity index (χ2n) is 3.07. The predicted molar refractivity (Wildman–Crippen MR) is 53.8 cm³/mol. The Kier molecular flexibility index (Phi) is 1.67. The zero-order valence-electron chi connectivity index (χ0n) is 7.57. The van der Waals surface area contributed by atoms with E-state index in [1.54, 1.807) is 19.1 Å². The van der Waals surface area contributed by atoms with E-state index < -0.39 is 5.63 Å². The zero-order valence-corrected chi connectivity index (χ0v) is 7.57. The fourth-order valence-corrected chi connectivity index (χ4v) is 1.44. The predicted octanol–water partition coefficient (Wildman–Crippen LogP) is 0.661. The lowest BCUT2D eigenvalue weighted by Gasteiger charge is -2.01. The van der Waals surface area contributed by atoms with Crippen molar-refractivity contribution < 1.29 is 4.42 Å². The van der Waals surface area contributed by atoms with Crippen molar-refractivity contribution in [1.29, 1.82) is 0 Å². The van der Waals surface area contributed by atoms with Gasteiger partial charge in [-0.25, -0.2) is 4.79 Å². The minimum absolute atomic E-state index is 0.146. The molecule has 72 valence electrons. The van der Waals surface area contributed by atoms with Crippen molar-refractivity contribution in [2.75, 3.05) is 11.5 Å². The van der Waals surface area contributed by atoms with Crippen LogP contribution in [0.4, 0.5) is 11.7 Å². The van der Waals surface area contributed by atoms with Gasteiger partial charge >= 0.3 is 5.63 Å². The highest BCUT2D eigenvalue weighted by Crippen LogP contribution is 2.17. The van der Waals surface area contributed by atoms with Crippen LogP contribution in [0.3, 0.4) is 0 Å². The molecule has 1 aromatic carbocycles. The van der Waals surface area contributed by atoms with Gasteiger partial charge in [0.1, 0.15) is 0 Å². The van der Waals surface area contributed by atoms with E-state index in [1.807, 2.05) is 0 Å². The van der Waals surface area contributed by atoms with Crippen LogP contribution in [0.1, 0.15) is 5.56 Å². The average molecular weight is 191 g/mol. The molecular formula is C9H9N3O2. The smallest absolute Gasteiger partial charge is 0.348 e. The fraction of sp³-hybridized carbons (Fsp3) is 0.111. The van der Waals surface area contributed by atoms with Gasteiger partial charge < -0.3 is 15.9 Å². The molecule has 1 aromatic heterocycles. The van der Waals surface area contributed by atoms with E-state index in [4.69, 9.17) is 11.5 Å². The molecular weight excluding hydrogens is 182 g/mol. The molecule has 2 aromatic rings. The third-order valence-corrected chi connectivity index (χ3v) is 1.97. The van der Waals surface area contributed by atoms with Crippen LogP contribution in [-0.2, 0) is 0 Å². The van der Waals surface area contributed by atoms with E-state index in [9.17, 15) is 4.79 Å². The summed E-state index contributed by atoms with van der Waals surface area (Å²) in [7, 11) is 0. The quantitative estimate of drug-likeness (QED) is 0.596. The summed E-state index contributed by atoms with van der Waals surface area (Å²) >= 11 is 0. The van der Waals surface area contributed by atoms with Gasteiger partial charge in [0.05, 0.1) is 10.9 Å². The van der Waals surface area contributed by atoms with Crippen molar-refractivity contribution in [2.45, 2.75) is 6.92 Å². The number of nitrogen functional groups attached to an aromatic ring is 2. The molecule has 0 aliphatic carbocycles. The number of nitrogens with two attached hydrogens (primary N) is 2. The Morgan fingerprint density at radius 2 is 2.07 bits per heavy atom. The number of nitrogens with zero attached hydrogens (tertiary/aromatic N) is 1. The Hall–Kier alpha value is -2.04. The maximum absolute atomic E-state index is 11.4. The second kappa shape index (κ2) is 2.73. The SMILES string of the molecule is Cc1cc(N)cc2nc(N)oc(=O)c12. The molecule has 4 N–H and O–H groups in total. The molecule has 14 heavy (non-hydrogen) atoms. The molecule has 0 bridgehead atoms. The van der Waals surface area contributed by atoms with Crippen LogP contribution in [0.15, 0.2) is 21.3 Å². The van der Waals surface area contributed by atoms with E-state index in [1.165, 1.54) is 0 Å². The molecule has 2 rings (SSSR count). The van der Waals surface area contributed by atoms with Gasteiger partial charge in [-0.05, 0) is 24.6 Å². The van der Waals surface area contributed by atoms with E-state index in [0.29, 0.717) is 16.6 Å². The van der Waals surface area contributed by atoms with Crippen LogP contribution in [0.5, 0.6) is 0 Å². The first-order chi connectivity index (χ1) is 6.58. The molecule has 0 aliphatic heterocycles. The normalized spacial score (nSPS) is 10.6. The molecule has 0 radical (unpaired) electrons. The summed E-state index contributed by atoms with van der Waals surface area (Å²) in [5, 5.41) is 0.424. The van der Waals surface area contributed by atoms with Gasteiger partial charge in [-0.1, -0.05) is 0 Å². The second-order valence-corrected chi connectivity index (χ2v) is 3.07. The molecule has 0 fully saturated rings. The minimum Gasteiger partial charge on any atom is -0.399 e. The molecule has 0 spiro atoms. The number of aryl methyl sites for hydroxylation is 1. The number of benzene rings is 1. The Morgan fingerprint density at radius 1 is 1.36 bits per heavy atom. The van der Waals surface area contributed by atoms with Gasteiger partial charge in [0.25, 0.3) is 6.01 Å². The van der Waals surface area contributed by atoms with Crippen molar-refractivity contribution in [3.63, 3.8) is 0 Å². The molecule has 0 unspecified atom stereocenters. The van der Waals surface area contributed by atoms with E-state index in [2.05, 4.69) is 9.40 Å². The third kappa shape index (κ3) is 1.19. The van der Waals surface area contributed by atoms with E-state index in [0.717, 1.165) is 5.56 Å². The summed E-state index contributed by atoms with van der Waals surface area (Å²) in [6, 6.07) is 3.14. The van der Waals surface area contributed by atoms with Gasteiger partial charge in [-0.2, -0.15) is 4.98 Å². The molecule has 0 aliphatic rings. The zero-order chi connectivity index (χ0) is 10.3. The first-order valence-corrected chi connectivity index (χ1v) is 4.04. The van der Waals surface area contributed by atoms with Gasteiger partial charge in [-0.3, -0.25) is 0 Å². The Morgan fingerprint density at radius 3 is 2.79 bits per heavy atom. The highest BCUT2D eigenvalue weighted by atomic mass is 16.4. The summed E-state index contributed by atoms with van der Waals surface area (Å²) in [4.78, 5) is 15.3. The van der Waals surface area contributed by atoms with Gasteiger partial charge in [0, 0.05) is 5.69 Å². The molecule has 1 heterocycles. The number of fused-ring (bicyclic) bond motifs is 1. The van der Waals surface area contributed by atoms with E-state index >= 15 is 0 Å². The minimum atomic E-state index is -0.481. The first kappa shape index (κ1) is 8.55. The molecule has 5 nitrogen and oxygen atoms in total. The number of hydrogen-bond acceptors (Lipinski definition) is 5. The van der Waals surface area contributed by atoms with Crippen molar-refractivity contribution in [3.05, 3.63) is 28.1 Å². The monoisotopic (exact) mass is 191 g/mol. The number of rotatable bonds is 0. The van der Waals surface area contributed by atoms with E-state index in [-0.39, 0.29) is 6.01 Å². The summed E-state index contributed by atoms with van der Waals surface area (Å²) in [6.45, 7) is 1.77. The lowest BCUT2D eigenvalue weighted by atomic mass is 10.1. The summed E-state index contributed by atoms with van der Waals surface area (Å²) in [6.07, 6.45) is 0. The van der Waals surface area contributed by atoms with Crippen LogP contribution in [0, 0.1) is 6.92 Å². The number of hydrogen-bond donors (Lipinski definition) is 2. The Labute approximate surface area is 79.3 Å². The van der Waals surface area contributed by atoms with Crippen LogP contribution >= 0.6 is 0 Å². The average Bonchev–Trinajstić information content (AvgIpc) is 1.99. The Balaban J connectivity index is 3.02. The highest BCUT2D eigenvalue weighted by molar-refractivity contribution is 5.84. The summed E-state index contributed by atoms with van der Waals surface area (Å²) < 4.78 is 4.68. The molecule has 0 amide bonds. The fourth-order valence-electron chi connectivity index (χ4n) is 1.44. The topological polar surface area (TPSA) is 95.1 Å². The molecule has 5 heteroatoms. The highest BCUT2D eigenvalue weighted by Gasteiger charge is 2.07. The van der Waals surface area contributed by atoms with Gasteiger partial charge in [0.2, 0.25) is 0 Å². The largest absolute Gasteiger partial charge is 0.399 e. The summed E-state index contributed by atoms with van der Waals surface area (Å²) in [5.74, 6) is 0. The molecule has 0 atom stereocenters. The van der Waals surface area contributed by atoms with Crippen LogP contribution in [0.25, 0.3) is 10.9 Å². The number of aromatic nitrogens is 1. The summed E-state index contributed by atoms with van der Waals surface area (Å²) in [5.41, 5.74) is 12.2. The van der Waals surface area contributed by atoms with Crippen LogP contribution < -0.4 is 17.1 Å². The molecule has 0 saturated heterocycles. The maximum Gasteiger partial charge on any atom is 0.348 e. The maximum atomic E-state index is 11.4. The van der Waals surface area contributed by atoms with Crippen molar-refractivity contribution in [1.82, 2.24) is 4.98 Å². The molecule has 0 saturated carbocycles. The van der Waals surface area contributed by atoms with Gasteiger partial charge in [-0.15, -0.1) is 0 Å². The van der Waals surface area contributed by atoms with Gasteiger partial charge in [0.15, 0.2) is 0 Å². The third-order valence-electron chi connectivity index (χ3n) is 1.97. The standard InChI is InChI=1S/C9H9N3O2/c1-4-2-5(10)3-6-7(4)8(13)14-9(11)12-6/h2-3H,10H2,1H3,(H2,11,12). The Bertz CT molecular complexity index is 554. The van der Waals surface area contributed by atoms with Crippen LogP contribution in [-0.4, -0.2) is 4.98 Å². The lowest BCUT2D eigenvalue weighted by molar-refractivity contribution is 0.524. The van der Waals surface area contributed by atoms with Crippen molar-refractivity contribution in [3.8, 4) is 0 Å². The van der Waals surface area contributed by atoms with Crippen molar-refractivity contribution in [2.24, 2.45) is 0 Å².